The van der Waals surface area contributed by atoms with Gasteiger partial charge in [-0.3, -0.25) is 9.59 Å². The van der Waals surface area contributed by atoms with Crippen molar-refractivity contribution < 1.29 is 28.2 Å². The number of amides is 1. The quantitative estimate of drug-likeness (QED) is 0.377. The van der Waals surface area contributed by atoms with Crippen LogP contribution >= 0.6 is 0 Å². The molecular formula is C28H25NO7. The first kappa shape index (κ1) is 23.3. The Labute approximate surface area is 207 Å². The zero-order valence-electron chi connectivity index (χ0n) is 20.4. The highest BCUT2D eigenvalue weighted by Crippen LogP contribution is 2.45. The Balaban J connectivity index is 1.73. The maximum Gasteiger partial charge on any atom is 0.291 e. The van der Waals surface area contributed by atoms with E-state index >= 15 is 0 Å². The van der Waals surface area contributed by atoms with Crippen molar-refractivity contribution in [3.05, 3.63) is 93.3 Å². The Bertz CT molecular complexity index is 1480. The highest BCUT2D eigenvalue weighted by molar-refractivity contribution is 5.99. The highest BCUT2D eigenvalue weighted by Gasteiger charge is 2.43. The van der Waals surface area contributed by atoms with Gasteiger partial charge in [-0.05, 0) is 47.5 Å². The summed E-state index contributed by atoms with van der Waals surface area (Å²) in [5.74, 6) is 1.62. The molecule has 184 valence electrons. The van der Waals surface area contributed by atoms with Crippen LogP contribution in [-0.4, -0.2) is 39.2 Å². The molecule has 2 heterocycles. The third-order valence-electron chi connectivity index (χ3n) is 6.39. The van der Waals surface area contributed by atoms with Gasteiger partial charge in [0.15, 0.2) is 16.9 Å². The first-order valence-electron chi connectivity index (χ1n) is 11.3. The fourth-order valence-corrected chi connectivity index (χ4v) is 4.66. The van der Waals surface area contributed by atoms with E-state index in [0.29, 0.717) is 39.5 Å². The second kappa shape index (κ2) is 9.30. The van der Waals surface area contributed by atoms with E-state index in [1.807, 2.05) is 24.3 Å². The molecule has 0 N–H and O–H groups in total. The second-order valence-electron chi connectivity index (χ2n) is 8.31. The van der Waals surface area contributed by atoms with Gasteiger partial charge in [0.25, 0.3) is 5.91 Å². The molecule has 1 aliphatic rings. The van der Waals surface area contributed by atoms with Gasteiger partial charge in [-0.2, -0.15) is 0 Å². The number of rotatable bonds is 7. The molecule has 0 bridgehead atoms. The lowest BCUT2D eigenvalue weighted by atomic mass is 9.97. The summed E-state index contributed by atoms with van der Waals surface area (Å²) in [5, 5.41) is 0.410. The van der Waals surface area contributed by atoms with E-state index in [4.69, 9.17) is 23.4 Å². The molecule has 8 heteroatoms. The number of hydrogen-bond acceptors (Lipinski definition) is 7. The van der Waals surface area contributed by atoms with E-state index in [1.165, 1.54) is 21.3 Å². The van der Waals surface area contributed by atoms with Gasteiger partial charge in [0, 0.05) is 6.54 Å². The second-order valence-corrected chi connectivity index (χ2v) is 8.31. The predicted molar refractivity (Wildman–Crippen MR) is 133 cm³/mol. The molecule has 1 atom stereocenters. The number of carbonyl (C=O) groups excluding carboxylic acids is 1. The third-order valence-corrected chi connectivity index (χ3v) is 6.39. The molecule has 0 radical (unpaired) electrons. The number of hydrogen-bond donors (Lipinski definition) is 0. The van der Waals surface area contributed by atoms with Crippen molar-refractivity contribution in [2.45, 2.75) is 12.6 Å². The minimum Gasteiger partial charge on any atom is -0.497 e. The van der Waals surface area contributed by atoms with E-state index in [1.54, 1.807) is 48.4 Å². The van der Waals surface area contributed by atoms with Gasteiger partial charge in [0.2, 0.25) is 11.5 Å². The van der Waals surface area contributed by atoms with Gasteiger partial charge in [-0.25, -0.2) is 0 Å². The smallest absolute Gasteiger partial charge is 0.291 e. The summed E-state index contributed by atoms with van der Waals surface area (Å²) < 4.78 is 27.8. The molecule has 0 saturated carbocycles. The topological polar surface area (TPSA) is 87.4 Å². The Kier molecular flexibility index (Phi) is 6.01. The lowest BCUT2D eigenvalue weighted by Gasteiger charge is -2.26. The first-order chi connectivity index (χ1) is 17.5. The molecule has 4 aromatic rings. The summed E-state index contributed by atoms with van der Waals surface area (Å²) in [6.07, 6.45) is 0. The van der Waals surface area contributed by atoms with Crippen LogP contribution in [0.1, 0.15) is 33.3 Å². The third kappa shape index (κ3) is 3.71. The van der Waals surface area contributed by atoms with Crippen molar-refractivity contribution in [1.82, 2.24) is 4.90 Å². The molecule has 0 aliphatic carbocycles. The molecule has 3 aromatic carbocycles. The van der Waals surface area contributed by atoms with Crippen LogP contribution < -0.4 is 24.4 Å². The van der Waals surface area contributed by atoms with Crippen LogP contribution in [0.3, 0.4) is 0 Å². The molecular weight excluding hydrogens is 462 g/mol. The number of methoxy groups -OCH3 is 4. The van der Waals surface area contributed by atoms with Crippen molar-refractivity contribution in [2.75, 3.05) is 28.4 Å². The zero-order chi connectivity index (χ0) is 25.4. The van der Waals surface area contributed by atoms with Crippen molar-refractivity contribution in [3.63, 3.8) is 0 Å². The Hall–Kier alpha value is -4.46. The van der Waals surface area contributed by atoms with Crippen LogP contribution in [0.5, 0.6) is 23.0 Å². The number of ether oxygens (including phenoxy) is 4. The van der Waals surface area contributed by atoms with Crippen molar-refractivity contribution >= 4 is 16.9 Å². The van der Waals surface area contributed by atoms with Crippen LogP contribution in [-0.2, 0) is 6.54 Å². The molecule has 1 aliphatic heterocycles. The summed E-state index contributed by atoms with van der Waals surface area (Å²) >= 11 is 0. The number of carbonyl (C=O) groups is 1. The number of fused-ring (bicyclic) bond motifs is 2. The number of benzene rings is 3. The van der Waals surface area contributed by atoms with Crippen LogP contribution in [0.4, 0.5) is 0 Å². The van der Waals surface area contributed by atoms with E-state index in [9.17, 15) is 9.59 Å². The van der Waals surface area contributed by atoms with Gasteiger partial charge in [-0.1, -0.05) is 24.3 Å². The van der Waals surface area contributed by atoms with Crippen molar-refractivity contribution in [1.29, 1.82) is 0 Å². The summed E-state index contributed by atoms with van der Waals surface area (Å²) in [4.78, 5) is 29.1. The standard InChI is InChI=1S/C28H25NO7/c1-32-18-11-9-16(10-12-18)15-29-24(17-13-21(33-2)26(35-4)22(14-17)34-3)23-25(30)19-7-5-6-8-20(19)36-27(23)28(29)31/h5-14,24H,15H2,1-4H3. The number of para-hydroxylation sites is 1. The largest absolute Gasteiger partial charge is 0.497 e. The molecule has 0 saturated heterocycles. The highest BCUT2D eigenvalue weighted by atomic mass is 16.5. The van der Waals surface area contributed by atoms with Crippen LogP contribution in [0.15, 0.2) is 69.9 Å². The SMILES string of the molecule is COc1ccc(CN2C(=O)c3oc4ccccc4c(=O)c3C2c2cc(OC)c(OC)c(OC)c2)cc1. The zero-order valence-corrected chi connectivity index (χ0v) is 20.4. The van der Waals surface area contributed by atoms with E-state index in [2.05, 4.69) is 0 Å². The summed E-state index contributed by atoms with van der Waals surface area (Å²) in [7, 11) is 6.15. The number of nitrogens with zero attached hydrogens (tertiary/aromatic N) is 1. The monoisotopic (exact) mass is 487 g/mol. The maximum atomic E-state index is 13.7. The lowest BCUT2D eigenvalue weighted by Crippen LogP contribution is -2.29. The minimum absolute atomic E-state index is 0.0333. The summed E-state index contributed by atoms with van der Waals surface area (Å²) in [6, 6.07) is 17.1. The molecule has 8 nitrogen and oxygen atoms in total. The Morgan fingerprint density at radius 3 is 2.11 bits per heavy atom. The van der Waals surface area contributed by atoms with E-state index in [0.717, 1.165) is 5.56 Å². The molecule has 36 heavy (non-hydrogen) atoms. The van der Waals surface area contributed by atoms with E-state index in [-0.39, 0.29) is 29.2 Å². The first-order valence-corrected chi connectivity index (χ1v) is 11.3. The van der Waals surface area contributed by atoms with Gasteiger partial charge >= 0.3 is 0 Å². The maximum absolute atomic E-state index is 13.7. The van der Waals surface area contributed by atoms with Crippen molar-refractivity contribution in [3.8, 4) is 23.0 Å². The van der Waals surface area contributed by atoms with Crippen molar-refractivity contribution in [2.24, 2.45) is 0 Å². The van der Waals surface area contributed by atoms with Crippen LogP contribution in [0, 0.1) is 0 Å². The molecule has 1 aromatic heterocycles. The fourth-order valence-electron chi connectivity index (χ4n) is 4.66. The Morgan fingerprint density at radius 2 is 1.50 bits per heavy atom. The average Bonchev–Trinajstić information content (AvgIpc) is 3.19. The van der Waals surface area contributed by atoms with E-state index < -0.39 is 6.04 Å². The van der Waals surface area contributed by atoms with Gasteiger partial charge in [0.05, 0.1) is 45.4 Å². The molecule has 1 unspecified atom stereocenters. The van der Waals surface area contributed by atoms with Crippen LogP contribution in [0.25, 0.3) is 11.0 Å². The fraction of sp³-hybridized carbons (Fsp3) is 0.214. The van der Waals surface area contributed by atoms with Gasteiger partial charge in [-0.15, -0.1) is 0 Å². The predicted octanol–water partition coefficient (Wildman–Crippen LogP) is 4.57. The normalized spacial score (nSPS) is 14.6. The molecule has 0 spiro atoms. The van der Waals surface area contributed by atoms with Gasteiger partial charge in [0.1, 0.15) is 11.3 Å². The summed E-state index contributed by atoms with van der Waals surface area (Å²) in [5.41, 5.74) is 1.89. The molecule has 0 fully saturated rings. The van der Waals surface area contributed by atoms with Crippen LogP contribution in [0.2, 0.25) is 0 Å². The minimum atomic E-state index is -0.732. The average molecular weight is 488 g/mol. The molecule has 5 rings (SSSR count). The lowest BCUT2D eigenvalue weighted by molar-refractivity contribution is 0.0714. The van der Waals surface area contributed by atoms with Gasteiger partial charge < -0.3 is 28.3 Å². The summed E-state index contributed by atoms with van der Waals surface area (Å²) in [6.45, 7) is 0.240. The molecule has 1 amide bonds. The Morgan fingerprint density at radius 1 is 0.833 bits per heavy atom.